The molecule has 1 aromatic carbocycles. The maximum Gasteiger partial charge on any atom is 0.347 e. The molecule has 24 heavy (non-hydrogen) atoms. The summed E-state index contributed by atoms with van der Waals surface area (Å²) in [6.07, 6.45) is 0.399. The lowest BCUT2D eigenvalue weighted by Crippen LogP contribution is -2.36. The van der Waals surface area contributed by atoms with Gasteiger partial charge in [-0.25, -0.2) is 17.9 Å². The number of rotatable bonds is 5. The maximum atomic E-state index is 12.4. The van der Waals surface area contributed by atoms with E-state index in [0.29, 0.717) is 24.3 Å². The second-order valence-electron chi connectivity index (χ2n) is 5.64. The van der Waals surface area contributed by atoms with Crippen molar-refractivity contribution in [2.75, 3.05) is 19.7 Å². The largest absolute Gasteiger partial charge is 0.478 e. The monoisotopic (exact) mass is 376 g/mol. The Kier molecular flexibility index (Phi) is 6.08. The number of fused-ring (bicyclic) bond motifs is 1. The van der Waals surface area contributed by atoms with E-state index in [4.69, 9.17) is 9.47 Å². The molecule has 1 saturated heterocycles. The van der Waals surface area contributed by atoms with Gasteiger partial charge < -0.3 is 14.8 Å². The molecule has 2 unspecified atom stereocenters. The minimum atomic E-state index is -3.57. The summed E-state index contributed by atoms with van der Waals surface area (Å²) >= 11 is 0. The zero-order valence-corrected chi connectivity index (χ0v) is 14.9. The third-order valence-corrected chi connectivity index (χ3v) is 5.47. The predicted octanol–water partition coefficient (Wildman–Crippen LogP) is 0.615. The molecular weight excluding hydrogens is 356 g/mol. The van der Waals surface area contributed by atoms with Crippen LogP contribution in [0.2, 0.25) is 0 Å². The van der Waals surface area contributed by atoms with Gasteiger partial charge in [0.05, 0.1) is 11.5 Å². The number of esters is 1. The van der Waals surface area contributed by atoms with Crippen LogP contribution < -0.4 is 14.8 Å². The van der Waals surface area contributed by atoms with Crippen LogP contribution in [0.3, 0.4) is 0 Å². The van der Waals surface area contributed by atoms with Crippen molar-refractivity contribution in [3.63, 3.8) is 0 Å². The topological polar surface area (TPSA) is 93.7 Å². The summed E-state index contributed by atoms with van der Waals surface area (Å²) in [6.45, 7) is 3.47. The first-order valence-corrected chi connectivity index (χ1v) is 9.17. The Morgan fingerprint density at radius 3 is 2.92 bits per heavy atom. The number of nitrogens with one attached hydrogen (secondary N) is 2. The predicted molar refractivity (Wildman–Crippen MR) is 90.0 cm³/mol. The third-order valence-electron chi connectivity index (χ3n) is 3.95. The molecule has 2 aliphatic heterocycles. The van der Waals surface area contributed by atoms with Crippen LogP contribution in [0.5, 0.6) is 5.75 Å². The lowest BCUT2D eigenvalue weighted by atomic mass is 10.1. The average Bonchev–Trinajstić information content (AvgIpc) is 3.15. The van der Waals surface area contributed by atoms with E-state index in [9.17, 15) is 13.2 Å². The van der Waals surface area contributed by atoms with Crippen LogP contribution in [0.4, 0.5) is 0 Å². The number of benzene rings is 1. The van der Waals surface area contributed by atoms with Gasteiger partial charge in [-0.3, -0.25) is 0 Å². The van der Waals surface area contributed by atoms with E-state index < -0.39 is 22.1 Å². The summed E-state index contributed by atoms with van der Waals surface area (Å²) in [7, 11) is -3.57. The number of carbonyl (C=O) groups is 1. The van der Waals surface area contributed by atoms with E-state index in [1.54, 1.807) is 19.1 Å². The Bertz CT molecular complexity index is 704. The number of carbonyl (C=O) groups excluding carboxylic acids is 1. The molecule has 0 spiro atoms. The van der Waals surface area contributed by atoms with Crippen LogP contribution in [-0.2, 0) is 26.0 Å². The molecule has 2 aliphatic rings. The van der Waals surface area contributed by atoms with Gasteiger partial charge in [0.1, 0.15) is 5.75 Å². The van der Waals surface area contributed by atoms with Crippen molar-refractivity contribution in [3.8, 4) is 5.75 Å². The molecular formula is C15H21ClN2O5S. The third kappa shape index (κ3) is 4.00. The normalized spacial score (nSPS) is 22.4. The Hall–Kier alpha value is -1.35. The Balaban J connectivity index is 0.00000208. The second-order valence-corrected chi connectivity index (χ2v) is 7.36. The first-order valence-electron chi connectivity index (χ1n) is 7.69. The summed E-state index contributed by atoms with van der Waals surface area (Å²) in [5.74, 6) is 0.104. The smallest absolute Gasteiger partial charge is 0.347 e. The molecule has 0 saturated carbocycles. The van der Waals surface area contributed by atoms with Gasteiger partial charge in [-0.2, -0.15) is 0 Å². The molecule has 0 bridgehead atoms. The van der Waals surface area contributed by atoms with E-state index in [-0.39, 0.29) is 30.0 Å². The maximum absolute atomic E-state index is 12.4. The van der Waals surface area contributed by atoms with Crippen molar-refractivity contribution in [3.05, 3.63) is 23.8 Å². The molecule has 1 aromatic rings. The summed E-state index contributed by atoms with van der Waals surface area (Å²) in [4.78, 5) is 11.9. The highest BCUT2D eigenvalue weighted by Crippen LogP contribution is 2.31. The number of ether oxygens (including phenoxy) is 2. The zero-order chi connectivity index (χ0) is 16.4. The number of halogens is 1. The summed E-state index contributed by atoms with van der Waals surface area (Å²) < 4.78 is 38.0. The van der Waals surface area contributed by atoms with E-state index in [2.05, 4.69) is 10.0 Å². The van der Waals surface area contributed by atoms with Crippen LogP contribution >= 0.6 is 12.4 Å². The van der Waals surface area contributed by atoms with Crippen molar-refractivity contribution in [1.29, 1.82) is 0 Å². The van der Waals surface area contributed by atoms with Gasteiger partial charge in [-0.05, 0) is 43.7 Å². The first-order chi connectivity index (χ1) is 11.0. The fourth-order valence-electron chi connectivity index (χ4n) is 2.80. The standard InChI is InChI=1S/C15H20N2O5S.ClH/c1-2-21-15(18)14-8-10-7-12(3-4-13(10)22-14)23(19,20)17-11-5-6-16-9-11;/h3-4,7,11,14,16-17H,2,5-6,8-9H2,1H3;1H. The summed E-state index contributed by atoms with van der Waals surface area (Å²) in [6, 6.07) is 4.57. The van der Waals surface area contributed by atoms with Crippen LogP contribution in [-0.4, -0.2) is 46.2 Å². The van der Waals surface area contributed by atoms with Gasteiger partial charge in [-0.15, -0.1) is 12.4 Å². The van der Waals surface area contributed by atoms with Crippen molar-refractivity contribution < 1.29 is 22.7 Å². The van der Waals surface area contributed by atoms with Crippen molar-refractivity contribution >= 4 is 28.4 Å². The van der Waals surface area contributed by atoms with Gasteiger partial charge in [0.25, 0.3) is 0 Å². The van der Waals surface area contributed by atoms with Crippen molar-refractivity contribution in [1.82, 2.24) is 10.0 Å². The van der Waals surface area contributed by atoms with Crippen LogP contribution in [0.1, 0.15) is 18.9 Å². The van der Waals surface area contributed by atoms with Crippen LogP contribution in [0.15, 0.2) is 23.1 Å². The van der Waals surface area contributed by atoms with Gasteiger partial charge in [-0.1, -0.05) is 0 Å². The molecule has 0 aromatic heterocycles. The molecule has 134 valence electrons. The second kappa shape index (κ2) is 7.69. The van der Waals surface area contributed by atoms with E-state index >= 15 is 0 Å². The fraction of sp³-hybridized carbons (Fsp3) is 0.533. The SMILES string of the molecule is CCOC(=O)C1Cc2cc(S(=O)(=O)NC3CCNC3)ccc2O1.Cl. The van der Waals surface area contributed by atoms with Crippen LogP contribution in [0.25, 0.3) is 0 Å². The molecule has 0 amide bonds. The van der Waals surface area contributed by atoms with Crippen LogP contribution in [0, 0.1) is 0 Å². The average molecular weight is 377 g/mol. The number of hydrogen-bond acceptors (Lipinski definition) is 6. The highest BCUT2D eigenvalue weighted by Gasteiger charge is 2.32. The Morgan fingerprint density at radius 2 is 2.25 bits per heavy atom. The highest BCUT2D eigenvalue weighted by molar-refractivity contribution is 7.89. The molecule has 3 rings (SSSR count). The van der Waals surface area contributed by atoms with E-state index in [0.717, 1.165) is 13.0 Å². The Labute approximate surface area is 147 Å². The van der Waals surface area contributed by atoms with Gasteiger partial charge in [0, 0.05) is 19.0 Å². The van der Waals surface area contributed by atoms with Crippen molar-refractivity contribution in [2.24, 2.45) is 0 Å². The number of hydrogen-bond donors (Lipinski definition) is 2. The lowest BCUT2D eigenvalue weighted by Gasteiger charge is -2.12. The van der Waals surface area contributed by atoms with Gasteiger partial charge in [0.15, 0.2) is 6.10 Å². The molecule has 9 heteroatoms. The zero-order valence-electron chi connectivity index (χ0n) is 13.3. The number of sulfonamides is 1. The van der Waals surface area contributed by atoms with E-state index in [1.165, 1.54) is 6.07 Å². The first kappa shape index (κ1) is 19.0. The summed E-state index contributed by atoms with van der Waals surface area (Å²) in [5.41, 5.74) is 0.704. The fourth-order valence-corrected chi connectivity index (χ4v) is 4.12. The minimum Gasteiger partial charge on any atom is -0.478 e. The highest BCUT2D eigenvalue weighted by atomic mass is 35.5. The van der Waals surface area contributed by atoms with Gasteiger partial charge in [0.2, 0.25) is 10.0 Å². The molecule has 1 fully saturated rings. The lowest BCUT2D eigenvalue weighted by molar-refractivity contribution is -0.150. The molecule has 0 radical (unpaired) electrons. The molecule has 7 nitrogen and oxygen atoms in total. The molecule has 2 N–H and O–H groups in total. The van der Waals surface area contributed by atoms with Gasteiger partial charge >= 0.3 is 5.97 Å². The molecule has 2 heterocycles. The Morgan fingerprint density at radius 1 is 1.46 bits per heavy atom. The summed E-state index contributed by atoms with van der Waals surface area (Å²) in [5, 5.41) is 3.12. The van der Waals surface area contributed by atoms with Crippen molar-refractivity contribution in [2.45, 2.75) is 36.8 Å². The molecule has 0 aliphatic carbocycles. The minimum absolute atomic E-state index is 0. The molecule has 2 atom stereocenters. The van der Waals surface area contributed by atoms with E-state index in [1.807, 2.05) is 0 Å². The quantitative estimate of drug-likeness (QED) is 0.731.